The number of benzene rings is 1. The highest BCUT2D eigenvalue weighted by Gasteiger charge is 2.27. The first kappa shape index (κ1) is 19.4. The summed E-state index contributed by atoms with van der Waals surface area (Å²) in [4.78, 5) is 30.5. The van der Waals surface area contributed by atoms with Crippen molar-refractivity contribution in [1.82, 2.24) is 9.88 Å². The number of esters is 1. The lowest BCUT2D eigenvalue weighted by molar-refractivity contribution is -0.136. The third kappa shape index (κ3) is 4.67. The van der Waals surface area contributed by atoms with Gasteiger partial charge in [-0.2, -0.15) is 0 Å². The van der Waals surface area contributed by atoms with Crippen LogP contribution in [0, 0.1) is 0 Å². The van der Waals surface area contributed by atoms with Gasteiger partial charge < -0.3 is 15.0 Å². The van der Waals surface area contributed by atoms with Crippen molar-refractivity contribution in [2.24, 2.45) is 0 Å². The Balaban J connectivity index is 1.57. The molecule has 1 saturated heterocycles. The number of thiazole rings is 1. The third-order valence-electron chi connectivity index (χ3n) is 4.23. The SMILES string of the molecule is C=C(C(=O)OCC)c1csc(NC2CCN(C(=O)c3ccc(Cl)cc3)C2)n1. The molecule has 1 atom stereocenters. The van der Waals surface area contributed by atoms with Crippen molar-refractivity contribution in [2.45, 2.75) is 19.4 Å². The molecule has 0 aliphatic carbocycles. The summed E-state index contributed by atoms with van der Waals surface area (Å²) in [5, 5.41) is 6.41. The molecule has 6 nitrogen and oxygen atoms in total. The molecule has 0 radical (unpaired) electrons. The molecule has 142 valence electrons. The molecule has 8 heteroatoms. The van der Waals surface area contributed by atoms with E-state index in [9.17, 15) is 9.59 Å². The highest BCUT2D eigenvalue weighted by molar-refractivity contribution is 7.13. The Bertz CT molecular complexity index is 850. The van der Waals surface area contributed by atoms with Gasteiger partial charge in [-0.25, -0.2) is 9.78 Å². The fourth-order valence-corrected chi connectivity index (χ4v) is 3.74. The van der Waals surface area contributed by atoms with Gasteiger partial charge in [0.05, 0.1) is 17.9 Å². The number of carbonyl (C=O) groups is 2. The van der Waals surface area contributed by atoms with Gasteiger partial charge in [0.2, 0.25) is 0 Å². The fraction of sp³-hybridized carbons (Fsp3) is 0.316. The van der Waals surface area contributed by atoms with Crippen LogP contribution in [0.15, 0.2) is 36.2 Å². The molecule has 0 spiro atoms. The van der Waals surface area contributed by atoms with E-state index in [2.05, 4.69) is 16.9 Å². The molecule has 1 aromatic heterocycles. The standard InChI is InChI=1S/C19H20ClN3O3S/c1-3-26-18(25)12(2)16-11-27-19(22-16)21-15-8-9-23(10-15)17(24)13-4-6-14(20)7-5-13/h4-7,11,15H,2-3,8-10H2,1H3,(H,21,22). The van der Waals surface area contributed by atoms with Gasteiger partial charge in [0, 0.05) is 35.1 Å². The van der Waals surface area contributed by atoms with E-state index in [1.165, 1.54) is 11.3 Å². The van der Waals surface area contributed by atoms with Gasteiger partial charge in [-0.05, 0) is 37.6 Å². The molecule has 27 heavy (non-hydrogen) atoms. The van der Waals surface area contributed by atoms with E-state index < -0.39 is 5.97 Å². The number of rotatable bonds is 6. The number of anilines is 1. The maximum atomic E-state index is 12.6. The second-order valence-corrected chi connectivity index (χ2v) is 7.42. The normalized spacial score (nSPS) is 16.2. The van der Waals surface area contributed by atoms with Crippen molar-refractivity contribution in [1.29, 1.82) is 0 Å². The summed E-state index contributed by atoms with van der Waals surface area (Å²) in [6.07, 6.45) is 0.826. The number of likely N-dealkylation sites (tertiary alicyclic amines) is 1. The molecule has 1 aromatic carbocycles. The first-order valence-electron chi connectivity index (χ1n) is 8.61. The summed E-state index contributed by atoms with van der Waals surface area (Å²) >= 11 is 7.27. The largest absolute Gasteiger partial charge is 0.462 e. The number of halogens is 1. The van der Waals surface area contributed by atoms with Crippen LogP contribution >= 0.6 is 22.9 Å². The molecule has 1 aliphatic heterocycles. The Hall–Kier alpha value is -2.38. The molecule has 1 unspecified atom stereocenters. The van der Waals surface area contributed by atoms with Crippen molar-refractivity contribution in [2.75, 3.05) is 25.0 Å². The van der Waals surface area contributed by atoms with Crippen molar-refractivity contribution >= 4 is 45.5 Å². The van der Waals surface area contributed by atoms with E-state index in [4.69, 9.17) is 16.3 Å². The summed E-state index contributed by atoms with van der Waals surface area (Å²) in [5.41, 5.74) is 1.38. The number of nitrogens with one attached hydrogen (secondary N) is 1. The van der Waals surface area contributed by atoms with E-state index in [0.29, 0.717) is 41.1 Å². The van der Waals surface area contributed by atoms with Crippen LogP contribution in [0.4, 0.5) is 5.13 Å². The van der Waals surface area contributed by atoms with Crippen LogP contribution in [0.5, 0.6) is 0 Å². The van der Waals surface area contributed by atoms with Crippen LogP contribution in [-0.2, 0) is 9.53 Å². The molecule has 2 aromatic rings. The molecule has 0 saturated carbocycles. The van der Waals surface area contributed by atoms with Gasteiger partial charge in [0.1, 0.15) is 0 Å². The summed E-state index contributed by atoms with van der Waals surface area (Å²) in [7, 11) is 0. The minimum Gasteiger partial charge on any atom is -0.462 e. The highest BCUT2D eigenvalue weighted by Crippen LogP contribution is 2.24. The molecule has 0 bridgehead atoms. The average molecular weight is 406 g/mol. The predicted octanol–water partition coefficient (Wildman–Crippen LogP) is 3.70. The predicted molar refractivity (Wildman–Crippen MR) is 107 cm³/mol. The van der Waals surface area contributed by atoms with Gasteiger partial charge in [-0.15, -0.1) is 11.3 Å². The third-order valence-corrected chi connectivity index (χ3v) is 5.25. The lowest BCUT2D eigenvalue weighted by Gasteiger charge is -2.17. The second kappa shape index (κ2) is 8.54. The van der Waals surface area contributed by atoms with Gasteiger partial charge in [0.25, 0.3) is 5.91 Å². The number of carbonyl (C=O) groups excluding carboxylic acids is 2. The molecule has 1 fully saturated rings. The monoisotopic (exact) mass is 405 g/mol. The van der Waals surface area contributed by atoms with Crippen LogP contribution in [0.3, 0.4) is 0 Å². The van der Waals surface area contributed by atoms with E-state index in [1.54, 1.807) is 36.6 Å². The summed E-state index contributed by atoms with van der Waals surface area (Å²) < 4.78 is 4.94. The Kier molecular flexibility index (Phi) is 6.13. The van der Waals surface area contributed by atoms with Gasteiger partial charge in [-0.3, -0.25) is 4.79 Å². The average Bonchev–Trinajstić information content (AvgIpc) is 3.31. The van der Waals surface area contributed by atoms with Gasteiger partial charge in [-0.1, -0.05) is 18.2 Å². The van der Waals surface area contributed by atoms with Crippen LogP contribution in [-0.4, -0.2) is 47.5 Å². The summed E-state index contributed by atoms with van der Waals surface area (Å²) in [6.45, 7) is 7.05. The van der Waals surface area contributed by atoms with Crippen LogP contribution in [0.2, 0.25) is 5.02 Å². The molecular formula is C19H20ClN3O3S. The van der Waals surface area contributed by atoms with Crippen molar-refractivity contribution in [3.63, 3.8) is 0 Å². The van der Waals surface area contributed by atoms with Crippen molar-refractivity contribution < 1.29 is 14.3 Å². The first-order chi connectivity index (χ1) is 13.0. The van der Waals surface area contributed by atoms with Crippen LogP contribution in [0.25, 0.3) is 5.57 Å². The summed E-state index contributed by atoms with van der Waals surface area (Å²) in [6, 6.07) is 7.01. The molecule has 1 amide bonds. The maximum Gasteiger partial charge on any atom is 0.339 e. The topological polar surface area (TPSA) is 71.5 Å². The smallest absolute Gasteiger partial charge is 0.339 e. The molecular weight excluding hydrogens is 386 g/mol. The first-order valence-corrected chi connectivity index (χ1v) is 9.87. The number of nitrogens with zero attached hydrogens (tertiary/aromatic N) is 2. The Labute approximate surface area is 166 Å². The lowest BCUT2D eigenvalue weighted by atomic mass is 10.2. The zero-order chi connectivity index (χ0) is 19.4. The Morgan fingerprint density at radius 3 is 2.85 bits per heavy atom. The van der Waals surface area contributed by atoms with Crippen LogP contribution in [0.1, 0.15) is 29.4 Å². The van der Waals surface area contributed by atoms with Gasteiger partial charge in [0.15, 0.2) is 5.13 Å². The quantitative estimate of drug-likeness (QED) is 0.586. The van der Waals surface area contributed by atoms with Crippen molar-refractivity contribution in [3.8, 4) is 0 Å². The van der Waals surface area contributed by atoms with Crippen molar-refractivity contribution in [3.05, 3.63) is 52.5 Å². The number of amides is 1. The molecule has 1 N–H and O–H groups in total. The van der Waals surface area contributed by atoms with E-state index >= 15 is 0 Å². The minimum absolute atomic E-state index is 0.00789. The maximum absolute atomic E-state index is 12.6. The second-order valence-electron chi connectivity index (χ2n) is 6.12. The lowest BCUT2D eigenvalue weighted by Crippen LogP contribution is -2.31. The summed E-state index contributed by atoms with van der Waals surface area (Å²) in [5.74, 6) is -0.471. The zero-order valence-electron chi connectivity index (χ0n) is 14.9. The molecule has 3 rings (SSSR count). The number of hydrogen-bond acceptors (Lipinski definition) is 6. The van der Waals surface area contributed by atoms with Crippen LogP contribution < -0.4 is 5.32 Å². The number of aromatic nitrogens is 1. The number of ether oxygens (including phenoxy) is 1. The van der Waals surface area contributed by atoms with E-state index in [1.807, 2.05) is 4.90 Å². The minimum atomic E-state index is -0.463. The highest BCUT2D eigenvalue weighted by atomic mass is 35.5. The molecule has 2 heterocycles. The number of hydrogen-bond donors (Lipinski definition) is 1. The Morgan fingerprint density at radius 2 is 2.15 bits per heavy atom. The zero-order valence-corrected chi connectivity index (χ0v) is 16.5. The fourth-order valence-electron chi connectivity index (χ4n) is 2.81. The Morgan fingerprint density at radius 1 is 1.41 bits per heavy atom. The van der Waals surface area contributed by atoms with E-state index in [0.717, 1.165) is 6.42 Å². The molecule has 1 aliphatic rings. The van der Waals surface area contributed by atoms with E-state index in [-0.39, 0.29) is 17.5 Å². The van der Waals surface area contributed by atoms with Gasteiger partial charge >= 0.3 is 5.97 Å².